The fraction of sp³-hybridized carbons (Fsp3) is 0.310. The van der Waals surface area contributed by atoms with Crippen molar-refractivity contribution in [2.24, 2.45) is 0 Å². The number of anilines is 5. The number of carbonyl (C=O) groups is 1. The summed E-state index contributed by atoms with van der Waals surface area (Å²) in [6.07, 6.45) is -3.07. The number of amides is 2. The molecule has 4 N–H and O–H groups in total. The maximum absolute atomic E-state index is 13.3. The number of aryl methyl sites for hydroxylation is 2. The van der Waals surface area contributed by atoms with Crippen LogP contribution in [0.3, 0.4) is 0 Å². The van der Waals surface area contributed by atoms with Gasteiger partial charge in [0.15, 0.2) is 5.82 Å². The maximum atomic E-state index is 13.3. The van der Waals surface area contributed by atoms with Crippen LogP contribution in [0.5, 0.6) is 0 Å². The molecule has 1 aliphatic heterocycles. The fourth-order valence-electron chi connectivity index (χ4n) is 4.63. The molecule has 0 spiro atoms. The zero-order valence-electron chi connectivity index (χ0n) is 23.9. The van der Waals surface area contributed by atoms with Crippen LogP contribution in [0.4, 0.5) is 46.7 Å². The van der Waals surface area contributed by atoms with Crippen molar-refractivity contribution < 1.29 is 22.7 Å². The number of urea groups is 1. The highest BCUT2D eigenvalue weighted by Crippen LogP contribution is 2.33. The summed E-state index contributed by atoms with van der Waals surface area (Å²) < 4.78 is 47.1. The quantitative estimate of drug-likeness (QED) is 0.209. The molecular weight excluding hydrogens is 563 g/mol. The van der Waals surface area contributed by atoms with Gasteiger partial charge < -0.3 is 26.0 Å². The SMILES string of the molecule is CNc1cc(-n2nc(CN3CCOCC3)cc2Nc2cc(NC(=O)Nc3ccc(C)c(C(F)(F)F)c3)ccc2C)ncn1. The van der Waals surface area contributed by atoms with Crippen molar-refractivity contribution in [1.29, 1.82) is 0 Å². The molecule has 1 fully saturated rings. The zero-order valence-corrected chi connectivity index (χ0v) is 23.9. The second-order valence-electron chi connectivity index (χ2n) is 10.1. The minimum absolute atomic E-state index is 0.0309. The molecule has 1 aliphatic rings. The van der Waals surface area contributed by atoms with Gasteiger partial charge >= 0.3 is 12.2 Å². The van der Waals surface area contributed by atoms with Crippen molar-refractivity contribution >= 4 is 34.7 Å². The predicted octanol–water partition coefficient (Wildman–Crippen LogP) is 5.56. The molecule has 2 amide bonds. The fourth-order valence-corrected chi connectivity index (χ4v) is 4.63. The summed E-state index contributed by atoms with van der Waals surface area (Å²) in [5, 5.41) is 16.4. The molecule has 11 nitrogen and oxygen atoms in total. The van der Waals surface area contributed by atoms with E-state index in [4.69, 9.17) is 9.84 Å². The summed E-state index contributed by atoms with van der Waals surface area (Å²) in [6.45, 7) is 6.87. The van der Waals surface area contributed by atoms with Gasteiger partial charge in [0.1, 0.15) is 18.0 Å². The molecule has 5 rings (SSSR count). The van der Waals surface area contributed by atoms with Crippen molar-refractivity contribution in [3.8, 4) is 5.82 Å². The van der Waals surface area contributed by atoms with Crippen LogP contribution in [0.15, 0.2) is 54.9 Å². The molecule has 2 aromatic heterocycles. The molecule has 0 unspecified atom stereocenters. The number of ether oxygens (including phenoxy) is 1. The first-order chi connectivity index (χ1) is 20.6. The van der Waals surface area contributed by atoms with Crippen molar-refractivity contribution in [2.75, 3.05) is 54.6 Å². The van der Waals surface area contributed by atoms with Crippen molar-refractivity contribution in [3.63, 3.8) is 0 Å². The van der Waals surface area contributed by atoms with Gasteiger partial charge in [-0.1, -0.05) is 12.1 Å². The van der Waals surface area contributed by atoms with Crippen LogP contribution in [0, 0.1) is 13.8 Å². The standard InChI is InChI=1S/C29H32F3N9O2/c1-18-4-6-20(12-23(18)29(30,31)32)36-28(42)37-21-7-5-19(2)24(13-21)38-27-14-22(16-40-8-10-43-11-9-40)39-41(27)26-15-25(33-3)34-17-35-26/h4-7,12-15,17,38H,8-11,16H2,1-3H3,(H,33,34,35)(H2,36,37,42). The highest BCUT2D eigenvalue weighted by Gasteiger charge is 2.32. The summed E-state index contributed by atoms with van der Waals surface area (Å²) in [4.78, 5) is 23.6. The summed E-state index contributed by atoms with van der Waals surface area (Å²) in [5.41, 5.74) is 2.15. The number of alkyl halides is 3. The zero-order chi connectivity index (χ0) is 30.6. The van der Waals surface area contributed by atoms with E-state index in [2.05, 4.69) is 36.1 Å². The Kier molecular flexibility index (Phi) is 8.78. The lowest BCUT2D eigenvalue weighted by molar-refractivity contribution is -0.138. The number of nitrogens with one attached hydrogen (secondary N) is 4. The number of benzene rings is 2. The number of nitrogens with zero attached hydrogens (tertiary/aromatic N) is 5. The lowest BCUT2D eigenvalue weighted by Gasteiger charge is -2.25. The second kappa shape index (κ2) is 12.7. The molecule has 2 aromatic carbocycles. The van der Waals surface area contributed by atoms with Gasteiger partial charge in [-0.3, -0.25) is 4.90 Å². The molecule has 3 heterocycles. The third-order valence-corrected chi connectivity index (χ3v) is 6.93. The molecule has 0 atom stereocenters. The summed E-state index contributed by atoms with van der Waals surface area (Å²) in [6, 6.07) is 12.0. The topological polar surface area (TPSA) is 121 Å². The van der Waals surface area contributed by atoms with E-state index >= 15 is 0 Å². The molecule has 0 radical (unpaired) electrons. The summed E-state index contributed by atoms with van der Waals surface area (Å²) in [5.74, 6) is 1.83. The Bertz CT molecular complexity index is 1600. The van der Waals surface area contributed by atoms with Crippen LogP contribution in [0.2, 0.25) is 0 Å². The minimum atomic E-state index is -4.52. The number of rotatable bonds is 8. The van der Waals surface area contributed by atoms with E-state index in [1.54, 1.807) is 29.9 Å². The van der Waals surface area contributed by atoms with Crippen LogP contribution in [0.1, 0.15) is 22.4 Å². The minimum Gasteiger partial charge on any atom is -0.379 e. The smallest absolute Gasteiger partial charge is 0.379 e. The van der Waals surface area contributed by atoms with Crippen LogP contribution in [-0.2, 0) is 17.5 Å². The first-order valence-electron chi connectivity index (χ1n) is 13.6. The molecule has 0 aliphatic carbocycles. The van der Waals surface area contributed by atoms with E-state index in [9.17, 15) is 18.0 Å². The lowest BCUT2D eigenvalue weighted by atomic mass is 10.1. The first kappa shape index (κ1) is 29.8. The highest BCUT2D eigenvalue weighted by molar-refractivity contribution is 6.00. The van der Waals surface area contributed by atoms with E-state index < -0.39 is 17.8 Å². The van der Waals surface area contributed by atoms with Crippen LogP contribution in [0.25, 0.3) is 5.82 Å². The molecule has 43 heavy (non-hydrogen) atoms. The Morgan fingerprint density at radius 1 is 0.953 bits per heavy atom. The first-order valence-corrected chi connectivity index (χ1v) is 13.6. The molecule has 1 saturated heterocycles. The number of carbonyl (C=O) groups excluding carboxylic acids is 1. The average molecular weight is 596 g/mol. The number of morpholine rings is 1. The number of halogens is 3. The Labute approximate surface area is 246 Å². The van der Waals surface area contributed by atoms with Gasteiger partial charge in [0.05, 0.1) is 24.5 Å². The number of hydrogen-bond donors (Lipinski definition) is 4. The number of hydrogen-bond acceptors (Lipinski definition) is 8. The highest BCUT2D eigenvalue weighted by atomic mass is 19.4. The van der Waals surface area contributed by atoms with Crippen LogP contribution >= 0.6 is 0 Å². The van der Waals surface area contributed by atoms with Gasteiger partial charge in [-0.05, 0) is 49.2 Å². The van der Waals surface area contributed by atoms with Gasteiger partial charge in [-0.25, -0.2) is 14.8 Å². The van der Waals surface area contributed by atoms with Gasteiger partial charge in [0.25, 0.3) is 0 Å². The van der Waals surface area contributed by atoms with Crippen molar-refractivity contribution in [2.45, 2.75) is 26.6 Å². The normalized spacial score (nSPS) is 13.9. The van der Waals surface area contributed by atoms with Crippen LogP contribution in [-0.4, -0.2) is 64.0 Å². The predicted molar refractivity (Wildman–Crippen MR) is 158 cm³/mol. The van der Waals surface area contributed by atoms with E-state index in [1.807, 2.05) is 19.1 Å². The summed E-state index contributed by atoms with van der Waals surface area (Å²) in [7, 11) is 1.77. The monoisotopic (exact) mass is 595 g/mol. The van der Waals surface area contributed by atoms with Gasteiger partial charge in [0, 0.05) is 55.9 Å². The Morgan fingerprint density at radius 2 is 1.65 bits per heavy atom. The largest absolute Gasteiger partial charge is 0.416 e. The Balaban J connectivity index is 1.37. The lowest BCUT2D eigenvalue weighted by Crippen LogP contribution is -2.35. The molecule has 4 aromatic rings. The van der Waals surface area contributed by atoms with Crippen molar-refractivity contribution in [3.05, 3.63) is 77.2 Å². The molecule has 0 saturated carbocycles. The van der Waals surface area contributed by atoms with E-state index in [1.165, 1.54) is 25.4 Å². The van der Waals surface area contributed by atoms with Gasteiger partial charge in [-0.15, -0.1) is 0 Å². The Hall–Kier alpha value is -4.69. The number of aromatic nitrogens is 4. The molecule has 226 valence electrons. The molecule has 14 heteroatoms. The van der Waals surface area contributed by atoms with Gasteiger partial charge in [-0.2, -0.15) is 23.0 Å². The van der Waals surface area contributed by atoms with E-state index in [0.717, 1.165) is 30.4 Å². The Morgan fingerprint density at radius 3 is 2.35 bits per heavy atom. The molecule has 0 bridgehead atoms. The van der Waals surface area contributed by atoms with Gasteiger partial charge in [0.2, 0.25) is 0 Å². The van der Waals surface area contributed by atoms with E-state index in [0.29, 0.717) is 48.6 Å². The average Bonchev–Trinajstić information content (AvgIpc) is 3.37. The maximum Gasteiger partial charge on any atom is 0.416 e. The van der Waals surface area contributed by atoms with Crippen molar-refractivity contribution in [1.82, 2.24) is 24.6 Å². The molecular formula is C29H32F3N9O2. The second-order valence-corrected chi connectivity index (χ2v) is 10.1. The third kappa shape index (κ3) is 7.40. The third-order valence-electron chi connectivity index (χ3n) is 6.93. The van der Waals surface area contributed by atoms with Crippen LogP contribution < -0.4 is 21.3 Å². The van der Waals surface area contributed by atoms with E-state index in [-0.39, 0.29) is 11.3 Å². The summed E-state index contributed by atoms with van der Waals surface area (Å²) >= 11 is 0.